The van der Waals surface area contributed by atoms with Gasteiger partial charge in [0.2, 0.25) is 0 Å². The summed E-state index contributed by atoms with van der Waals surface area (Å²) >= 11 is 0. The molecule has 0 unspecified atom stereocenters. The van der Waals surface area contributed by atoms with Gasteiger partial charge in [-0.15, -0.1) is 0 Å². The number of unbranched alkanes of at least 4 members (excludes halogenated alkanes) is 27. The van der Waals surface area contributed by atoms with Crippen LogP contribution >= 0.6 is 0 Å². The normalized spacial score (nSPS) is 12.5. The molecule has 364 valence electrons. The Hall–Kier alpha value is -2.89. The third-order valence-corrected chi connectivity index (χ3v) is 11.5. The van der Waals surface area contributed by atoms with Crippen LogP contribution in [-0.2, 0) is 28.6 Å². The fourth-order valence-electron chi connectivity index (χ4n) is 7.54. The number of esters is 3. The maximum Gasteiger partial charge on any atom is 0.306 e. The average molecular weight is 881 g/mol. The van der Waals surface area contributed by atoms with Crippen LogP contribution in [0, 0.1) is 0 Å². The summed E-state index contributed by atoms with van der Waals surface area (Å²) in [6.45, 7) is 6.49. The first-order valence-electron chi connectivity index (χ1n) is 26.8. The molecule has 1 atom stereocenters. The van der Waals surface area contributed by atoms with E-state index in [1.165, 1.54) is 141 Å². The average Bonchev–Trinajstić information content (AvgIpc) is 3.28. The fourth-order valence-corrected chi connectivity index (χ4v) is 7.54. The molecule has 0 aliphatic rings. The lowest BCUT2D eigenvalue weighted by molar-refractivity contribution is -0.167. The van der Waals surface area contributed by atoms with Crippen molar-refractivity contribution in [3.05, 3.63) is 60.8 Å². The van der Waals surface area contributed by atoms with Crippen molar-refractivity contribution in [2.24, 2.45) is 0 Å². The molecule has 0 amide bonds. The molecule has 0 fully saturated rings. The first-order chi connectivity index (χ1) is 31.0. The second-order valence-electron chi connectivity index (χ2n) is 17.8. The summed E-state index contributed by atoms with van der Waals surface area (Å²) in [5.74, 6) is -0.945. The number of carbonyl (C=O) groups excluding carboxylic acids is 3. The minimum Gasteiger partial charge on any atom is -0.462 e. The topological polar surface area (TPSA) is 78.9 Å². The molecule has 0 aromatic carbocycles. The lowest BCUT2D eigenvalue weighted by Crippen LogP contribution is -2.30. The Labute approximate surface area is 390 Å². The van der Waals surface area contributed by atoms with Crippen LogP contribution in [0.1, 0.15) is 265 Å². The summed E-state index contributed by atoms with van der Waals surface area (Å²) in [5, 5.41) is 0. The predicted molar refractivity (Wildman–Crippen MR) is 270 cm³/mol. The van der Waals surface area contributed by atoms with Crippen molar-refractivity contribution in [2.45, 2.75) is 271 Å². The Balaban J connectivity index is 4.39. The molecule has 0 heterocycles. The Kier molecular flexibility index (Phi) is 49.4. The summed E-state index contributed by atoms with van der Waals surface area (Å²) in [6, 6.07) is 0. The zero-order valence-electron chi connectivity index (χ0n) is 41.6. The van der Waals surface area contributed by atoms with E-state index in [0.717, 1.165) is 77.0 Å². The zero-order chi connectivity index (χ0) is 45.8. The Morgan fingerprint density at radius 3 is 0.952 bits per heavy atom. The first-order valence-corrected chi connectivity index (χ1v) is 26.8. The minimum atomic E-state index is -0.799. The van der Waals surface area contributed by atoms with Gasteiger partial charge in [0.1, 0.15) is 13.2 Å². The first kappa shape index (κ1) is 60.1. The van der Waals surface area contributed by atoms with Gasteiger partial charge in [-0.1, -0.05) is 248 Å². The summed E-state index contributed by atoms with van der Waals surface area (Å²) in [5.41, 5.74) is 0. The van der Waals surface area contributed by atoms with Crippen LogP contribution in [0.4, 0.5) is 0 Å². The number of carbonyl (C=O) groups is 3. The van der Waals surface area contributed by atoms with E-state index in [2.05, 4.69) is 81.5 Å². The Morgan fingerprint density at radius 2 is 0.619 bits per heavy atom. The van der Waals surface area contributed by atoms with E-state index in [9.17, 15) is 14.4 Å². The van der Waals surface area contributed by atoms with Crippen molar-refractivity contribution in [3.8, 4) is 0 Å². The molecule has 6 nitrogen and oxygen atoms in total. The van der Waals surface area contributed by atoms with Crippen molar-refractivity contribution in [1.29, 1.82) is 0 Å². The Bertz CT molecular complexity index is 1150. The van der Waals surface area contributed by atoms with E-state index in [-0.39, 0.29) is 37.5 Å². The second-order valence-corrected chi connectivity index (χ2v) is 17.8. The van der Waals surface area contributed by atoms with Crippen LogP contribution in [0.25, 0.3) is 0 Å². The fraction of sp³-hybridized carbons (Fsp3) is 0.772. The lowest BCUT2D eigenvalue weighted by Gasteiger charge is -2.18. The smallest absolute Gasteiger partial charge is 0.306 e. The molecule has 0 aliphatic heterocycles. The molecule has 0 N–H and O–H groups in total. The molecule has 0 saturated heterocycles. The van der Waals surface area contributed by atoms with Crippen LogP contribution in [0.5, 0.6) is 0 Å². The quantitative estimate of drug-likeness (QED) is 0.0262. The third-order valence-electron chi connectivity index (χ3n) is 11.5. The van der Waals surface area contributed by atoms with Crippen LogP contribution in [0.2, 0.25) is 0 Å². The highest BCUT2D eigenvalue weighted by Crippen LogP contribution is 2.16. The maximum absolute atomic E-state index is 12.8. The minimum absolute atomic E-state index is 0.0933. The van der Waals surface area contributed by atoms with Gasteiger partial charge in [0.05, 0.1) is 0 Å². The molecule has 0 spiro atoms. The molecule has 0 rings (SSSR count). The van der Waals surface area contributed by atoms with Gasteiger partial charge in [-0.25, -0.2) is 0 Å². The van der Waals surface area contributed by atoms with Crippen molar-refractivity contribution in [1.82, 2.24) is 0 Å². The molecular formula is C57H100O6. The molecular weight excluding hydrogens is 781 g/mol. The zero-order valence-corrected chi connectivity index (χ0v) is 41.6. The Morgan fingerprint density at radius 1 is 0.333 bits per heavy atom. The van der Waals surface area contributed by atoms with Gasteiger partial charge >= 0.3 is 17.9 Å². The summed E-state index contributed by atoms with van der Waals surface area (Å²) < 4.78 is 16.8. The van der Waals surface area contributed by atoms with Gasteiger partial charge in [0.25, 0.3) is 0 Å². The van der Waals surface area contributed by atoms with Crippen LogP contribution in [0.3, 0.4) is 0 Å². The SMILES string of the molecule is CC/C=C\C/C=C\C/C=C\C/C=C\C/C=C\CCCC(=O)O[C@H](COC(=O)CCCCCCCCCCCC)COC(=O)CCCCCCCCCCCCCCCCCCCC. The largest absolute Gasteiger partial charge is 0.462 e. The highest BCUT2D eigenvalue weighted by molar-refractivity contribution is 5.71. The molecule has 6 heteroatoms. The molecule has 63 heavy (non-hydrogen) atoms. The van der Waals surface area contributed by atoms with Gasteiger partial charge in [-0.2, -0.15) is 0 Å². The number of allylic oxidation sites excluding steroid dienone is 10. The van der Waals surface area contributed by atoms with Crippen LogP contribution in [-0.4, -0.2) is 37.2 Å². The molecule has 0 aliphatic carbocycles. The maximum atomic E-state index is 12.8. The van der Waals surface area contributed by atoms with Gasteiger partial charge in [-0.3, -0.25) is 14.4 Å². The van der Waals surface area contributed by atoms with E-state index in [0.29, 0.717) is 19.3 Å². The summed E-state index contributed by atoms with van der Waals surface area (Å²) in [6.07, 6.45) is 63.6. The number of hydrogen-bond acceptors (Lipinski definition) is 6. The predicted octanol–water partition coefficient (Wildman–Crippen LogP) is 17.6. The number of hydrogen-bond donors (Lipinski definition) is 0. The van der Waals surface area contributed by atoms with Crippen LogP contribution in [0.15, 0.2) is 60.8 Å². The van der Waals surface area contributed by atoms with E-state index < -0.39 is 6.10 Å². The lowest BCUT2D eigenvalue weighted by atomic mass is 10.0. The summed E-state index contributed by atoms with van der Waals surface area (Å²) in [7, 11) is 0. The van der Waals surface area contributed by atoms with Crippen molar-refractivity contribution in [2.75, 3.05) is 13.2 Å². The number of ether oxygens (including phenoxy) is 3. The van der Waals surface area contributed by atoms with Crippen molar-refractivity contribution in [3.63, 3.8) is 0 Å². The van der Waals surface area contributed by atoms with Gasteiger partial charge in [0, 0.05) is 19.3 Å². The highest BCUT2D eigenvalue weighted by Gasteiger charge is 2.19. The monoisotopic (exact) mass is 881 g/mol. The molecule has 0 saturated carbocycles. The van der Waals surface area contributed by atoms with Crippen LogP contribution < -0.4 is 0 Å². The van der Waals surface area contributed by atoms with Gasteiger partial charge < -0.3 is 14.2 Å². The molecule has 0 bridgehead atoms. The molecule has 0 aromatic heterocycles. The van der Waals surface area contributed by atoms with E-state index in [1.54, 1.807) is 0 Å². The van der Waals surface area contributed by atoms with Crippen molar-refractivity contribution >= 4 is 17.9 Å². The third kappa shape index (κ3) is 50.0. The van der Waals surface area contributed by atoms with E-state index >= 15 is 0 Å². The van der Waals surface area contributed by atoms with Gasteiger partial charge in [0.15, 0.2) is 6.10 Å². The number of rotatable bonds is 48. The molecule has 0 radical (unpaired) electrons. The highest BCUT2D eigenvalue weighted by atomic mass is 16.6. The van der Waals surface area contributed by atoms with Crippen molar-refractivity contribution < 1.29 is 28.6 Å². The van der Waals surface area contributed by atoms with Gasteiger partial charge in [-0.05, 0) is 57.8 Å². The van der Waals surface area contributed by atoms with E-state index in [1.807, 2.05) is 0 Å². The standard InChI is InChI=1S/C57H100O6/c1-4-7-10-13-16-19-22-24-26-28-30-31-33-35-38-41-44-47-50-56(59)62-53-54(52-61-55(58)49-46-43-40-37-21-18-15-12-9-6-3)63-57(60)51-48-45-42-39-36-34-32-29-27-25-23-20-17-14-11-8-5-2/h8,11,17,20,25,27,32,34,39,42,54H,4-7,9-10,12-16,18-19,21-24,26,28-31,33,35-38,40-41,43-53H2,1-3H3/b11-8-,20-17-,27-25-,34-32-,42-39-/t54-/m1/s1. The second kappa shape index (κ2) is 51.7. The molecule has 0 aromatic rings. The van der Waals surface area contributed by atoms with E-state index in [4.69, 9.17) is 14.2 Å². The summed E-state index contributed by atoms with van der Waals surface area (Å²) in [4.78, 5) is 37.9.